The molecule has 3 fully saturated rings. The minimum absolute atomic E-state index is 0.00555. The second-order valence-corrected chi connectivity index (χ2v) is 11.8. The zero-order valence-electron chi connectivity index (χ0n) is 19.3. The first kappa shape index (κ1) is 22.3. The number of amides is 3. The minimum Gasteiger partial charge on any atom is -0.342 e. The zero-order chi connectivity index (χ0) is 21.6. The topological polar surface area (TPSA) is 57.7 Å². The first-order chi connectivity index (χ1) is 13.4. The highest BCUT2D eigenvalue weighted by Crippen LogP contribution is 2.39. The SMILES string of the molecule is CC(C)(C)C1CC(=O)N(CC2CCC(C(=O)N3CC[C@@H](C(C)(C)C)C3)CC2)C1=O. The first-order valence-electron chi connectivity index (χ1n) is 11.5. The molecule has 0 aromatic carbocycles. The molecule has 1 saturated carbocycles. The van der Waals surface area contributed by atoms with Crippen molar-refractivity contribution in [2.45, 2.75) is 80.1 Å². The summed E-state index contributed by atoms with van der Waals surface area (Å²) < 4.78 is 0. The molecule has 3 aliphatic rings. The van der Waals surface area contributed by atoms with Gasteiger partial charge in [-0.15, -0.1) is 0 Å². The summed E-state index contributed by atoms with van der Waals surface area (Å²) in [6, 6.07) is 0. The van der Waals surface area contributed by atoms with Crippen molar-refractivity contribution in [2.24, 2.45) is 34.5 Å². The number of hydrogen-bond acceptors (Lipinski definition) is 3. The molecule has 1 aliphatic carbocycles. The fraction of sp³-hybridized carbons (Fsp3) is 0.875. The molecule has 5 heteroatoms. The Morgan fingerprint density at radius 2 is 1.55 bits per heavy atom. The van der Waals surface area contributed by atoms with Crippen LogP contribution in [0.2, 0.25) is 0 Å². The molecule has 2 atom stereocenters. The Labute approximate surface area is 176 Å². The van der Waals surface area contributed by atoms with E-state index in [1.807, 2.05) is 20.8 Å². The van der Waals surface area contributed by atoms with Crippen molar-refractivity contribution in [1.29, 1.82) is 0 Å². The highest BCUT2D eigenvalue weighted by Gasteiger charge is 2.45. The lowest BCUT2D eigenvalue weighted by molar-refractivity contribution is -0.142. The molecular weight excluding hydrogens is 364 g/mol. The Kier molecular flexibility index (Phi) is 6.18. The van der Waals surface area contributed by atoms with Crippen LogP contribution in [0.15, 0.2) is 0 Å². The molecule has 0 aromatic heterocycles. The normalized spacial score (nSPS) is 31.7. The van der Waals surface area contributed by atoms with Crippen LogP contribution >= 0.6 is 0 Å². The average molecular weight is 405 g/mol. The molecule has 3 amide bonds. The fourth-order valence-electron chi connectivity index (χ4n) is 5.33. The first-order valence-corrected chi connectivity index (χ1v) is 11.5. The molecule has 1 unspecified atom stereocenters. The van der Waals surface area contributed by atoms with Crippen molar-refractivity contribution in [3.63, 3.8) is 0 Å². The van der Waals surface area contributed by atoms with Crippen LogP contribution < -0.4 is 0 Å². The van der Waals surface area contributed by atoms with Crippen molar-refractivity contribution in [3.8, 4) is 0 Å². The summed E-state index contributed by atoms with van der Waals surface area (Å²) in [4.78, 5) is 41.7. The number of rotatable bonds is 3. The van der Waals surface area contributed by atoms with Crippen molar-refractivity contribution in [1.82, 2.24) is 9.80 Å². The van der Waals surface area contributed by atoms with Gasteiger partial charge in [0, 0.05) is 32.0 Å². The molecule has 5 nitrogen and oxygen atoms in total. The predicted octanol–water partition coefficient (Wildman–Crippen LogP) is 4.11. The van der Waals surface area contributed by atoms with Gasteiger partial charge in [0.05, 0.1) is 5.92 Å². The number of hydrogen-bond donors (Lipinski definition) is 0. The van der Waals surface area contributed by atoms with Crippen LogP contribution in [0, 0.1) is 34.5 Å². The van der Waals surface area contributed by atoms with Crippen LogP contribution in [0.4, 0.5) is 0 Å². The lowest BCUT2D eigenvalue weighted by atomic mass is 9.79. The van der Waals surface area contributed by atoms with Crippen molar-refractivity contribution < 1.29 is 14.4 Å². The number of nitrogens with zero attached hydrogens (tertiary/aromatic N) is 2. The molecule has 2 saturated heterocycles. The van der Waals surface area contributed by atoms with Crippen LogP contribution in [0.5, 0.6) is 0 Å². The molecule has 0 aromatic rings. The lowest BCUT2D eigenvalue weighted by Crippen LogP contribution is -2.40. The van der Waals surface area contributed by atoms with Crippen molar-refractivity contribution >= 4 is 17.7 Å². The highest BCUT2D eigenvalue weighted by atomic mass is 16.2. The molecule has 2 heterocycles. The third-order valence-electron chi connectivity index (χ3n) is 7.65. The minimum atomic E-state index is -0.196. The standard InChI is InChI=1S/C24H40N2O3/c1-23(2,3)18-11-12-25(15-18)21(28)17-9-7-16(8-10-17)14-26-20(27)13-19(22(26)29)24(4,5)6/h16-19H,7-15H2,1-6H3/t16?,17?,18-,19?/m1/s1. The van der Waals surface area contributed by atoms with Gasteiger partial charge in [-0.2, -0.15) is 0 Å². The van der Waals surface area contributed by atoms with E-state index in [0.29, 0.717) is 30.7 Å². The van der Waals surface area contributed by atoms with Crippen LogP contribution in [0.25, 0.3) is 0 Å². The van der Waals surface area contributed by atoms with Gasteiger partial charge < -0.3 is 4.90 Å². The maximum absolute atomic E-state index is 13.0. The largest absolute Gasteiger partial charge is 0.342 e. The quantitative estimate of drug-likeness (QED) is 0.665. The second kappa shape index (κ2) is 8.03. The maximum atomic E-state index is 13.0. The highest BCUT2D eigenvalue weighted by molar-refractivity contribution is 6.03. The Morgan fingerprint density at radius 1 is 0.931 bits per heavy atom. The molecule has 164 valence electrons. The third-order valence-corrected chi connectivity index (χ3v) is 7.65. The van der Waals surface area contributed by atoms with Crippen molar-refractivity contribution in [2.75, 3.05) is 19.6 Å². The summed E-state index contributed by atoms with van der Waals surface area (Å²) in [7, 11) is 0. The van der Waals surface area contributed by atoms with E-state index in [1.165, 1.54) is 4.90 Å². The molecule has 0 radical (unpaired) electrons. The van der Waals surface area contributed by atoms with E-state index < -0.39 is 0 Å². The van der Waals surface area contributed by atoms with Crippen molar-refractivity contribution in [3.05, 3.63) is 0 Å². The predicted molar refractivity (Wildman–Crippen MR) is 114 cm³/mol. The summed E-state index contributed by atoms with van der Waals surface area (Å²) in [6.07, 6.45) is 5.10. The molecule has 0 spiro atoms. The third kappa shape index (κ3) is 4.86. The summed E-state index contributed by atoms with van der Waals surface area (Å²) >= 11 is 0. The Bertz CT molecular complexity index is 650. The van der Waals surface area contributed by atoms with E-state index in [2.05, 4.69) is 25.7 Å². The van der Waals surface area contributed by atoms with E-state index in [9.17, 15) is 14.4 Å². The molecule has 29 heavy (non-hydrogen) atoms. The zero-order valence-corrected chi connectivity index (χ0v) is 19.3. The number of carbonyl (C=O) groups excluding carboxylic acids is 3. The van der Waals surface area contributed by atoms with E-state index in [4.69, 9.17) is 0 Å². The molecule has 2 aliphatic heterocycles. The summed E-state index contributed by atoms with van der Waals surface area (Å²) in [6.45, 7) is 15.2. The van der Waals surface area contributed by atoms with Crippen LogP contribution in [0.1, 0.15) is 80.1 Å². The lowest BCUT2D eigenvalue weighted by Gasteiger charge is -2.33. The van der Waals surface area contributed by atoms with Gasteiger partial charge in [-0.25, -0.2) is 0 Å². The van der Waals surface area contributed by atoms with E-state index in [1.54, 1.807) is 0 Å². The Hall–Kier alpha value is -1.39. The van der Waals surface area contributed by atoms with E-state index in [0.717, 1.165) is 45.2 Å². The smallest absolute Gasteiger partial charge is 0.233 e. The molecule has 3 rings (SSSR count). The van der Waals surface area contributed by atoms with Gasteiger partial charge in [0.25, 0.3) is 0 Å². The van der Waals surface area contributed by atoms with Gasteiger partial charge in [0.2, 0.25) is 17.7 Å². The van der Waals surface area contributed by atoms with Gasteiger partial charge in [-0.1, -0.05) is 41.5 Å². The number of carbonyl (C=O) groups is 3. The monoisotopic (exact) mass is 404 g/mol. The summed E-state index contributed by atoms with van der Waals surface area (Å²) in [5.41, 5.74) is 0.0820. The van der Waals surface area contributed by atoms with E-state index >= 15 is 0 Å². The molecular formula is C24H40N2O3. The van der Waals surface area contributed by atoms with E-state index in [-0.39, 0.29) is 34.5 Å². The van der Waals surface area contributed by atoms with Gasteiger partial charge in [-0.05, 0) is 54.8 Å². The summed E-state index contributed by atoms with van der Waals surface area (Å²) in [5, 5.41) is 0. The van der Waals surface area contributed by atoms with Gasteiger partial charge in [0.1, 0.15) is 0 Å². The van der Waals surface area contributed by atoms with Crippen LogP contribution in [0.3, 0.4) is 0 Å². The van der Waals surface area contributed by atoms with Crippen LogP contribution in [-0.4, -0.2) is 47.2 Å². The number of imide groups is 1. The Balaban J connectivity index is 1.49. The summed E-state index contributed by atoms with van der Waals surface area (Å²) in [5.74, 6) is 1.18. The van der Waals surface area contributed by atoms with Gasteiger partial charge >= 0.3 is 0 Å². The fourth-order valence-corrected chi connectivity index (χ4v) is 5.33. The maximum Gasteiger partial charge on any atom is 0.233 e. The van der Waals surface area contributed by atoms with Gasteiger partial charge in [-0.3, -0.25) is 19.3 Å². The van der Waals surface area contributed by atoms with Gasteiger partial charge in [0.15, 0.2) is 0 Å². The average Bonchev–Trinajstić information content (AvgIpc) is 3.22. The second-order valence-electron chi connectivity index (χ2n) is 11.8. The Morgan fingerprint density at radius 3 is 2.03 bits per heavy atom. The number of likely N-dealkylation sites (tertiary alicyclic amines) is 2. The van der Waals surface area contributed by atoms with Crippen LogP contribution in [-0.2, 0) is 14.4 Å². The molecule has 0 N–H and O–H groups in total. The molecule has 0 bridgehead atoms.